The zero-order valence-corrected chi connectivity index (χ0v) is 20.0. The number of fused-ring (bicyclic) bond motifs is 2. The zero-order valence-electron chi connectivity index (χ0n) is 17.7. The van der Waals surface area contributed by atoms with Crippen LogP contribution in [-0.4, -0.2) is 68.0 Å². The minimum Gasteiger partial charge on any atom is -0.454 e. The Balaban J connectivity index is 0.00000231. The van der Waals surface area contributed by atoms with Gasteiger partial charge >= 0.3 is 0 Å². The zero-order chi connectivity index (χ0) is 20.3. The van der Waals surface area contributed by atoms with Crippen LogP contribution in [-0.2, 0) is 17.8 Å². The van der Waals surface area contributed by atoms with Crippen LogP contribution in [0.2, 0.25) is 0 Å². The Labute approximate surface area is 200 Å². The van der Waals surface area contributed by atoms with Crippen molar-refractivity contribution in [2.24, 2.45) is 4.99 Å². The van der Waals surface area contributed by atoms with Gasteiger partial charge in [0.2, 0.25) is 6.79 Å². The standard InChI is InChI=1S/C23H28N4O3.HI/c1-24-23(25-12-18-7-8-20-21(11-18)30-16-29-20)27-14-19-22(15-27)28-10-9-26(19)13-17-5-3-2-4-6-17;/h2-8,11,19,22H,9-10,12-16H2,1H3,(H,24,25);1H. The molecule has 0 aromatic heterocycles. The van der Waals surface area contributed by atoms with Gasteiger partial charge in [-0.25, -0.2) is 0 Å². The molecule has 0 bridgehead atoms. The van der Waals surface area contributed by atoms with Gasteiger partial charge in [0.25, 0.3) is 0 Å². The van der Waals surface area contributed by atoms with Gasteiger partial charge in [-0.2, -0.15) is 0 Å². The van der Waals surface area contributed by atoms with Crippen LogP contribution >= 0.6 is 24.0 Å². The van der Waals surface area contributed by atoms with Crippen LogP contribution in [0.3, 0.4) is 0 Å². The van der Waals surface area contributed by atoms with E-state index in [-0.39, 0.29) is 30.1 Å². The van der Waals surface area contributed by atoms with Crippen molar-refractivity contribution in [1.29, 1.82) is 0 Å². The van der Waals surface area contributed by atoms with Gasteiger partial charge in [0.15, 0.2) is 17.5 Å². The van der Waals surface area contributed by atoms with Gasteiger partial charge in [0.05, 0.1) is 18.8 Å². The largest absolute Gasteiger partial charge is 0.454 e. The second-order valence-corrected chi connectivity index (χ2v) is 7.93. The number of likely N-dealkylation sites (tertiary alicyclic amines) is 1. The second-order valence-electron chi connectivity index (χ2n) is 7.93. The Morgan fingerprint density at radius 2 is 1.90 bits per heavy atom. The molecule has 0 saturated carbocycles. The van der Waals surface area contributed by atoms with Crippen LogP contribution in [0.25, 0.3) is 0 Å². The lowest BCUT2D eigenvalue weighted by atomic mass is 10.1. The lowest BCUT2D eigenvalue weighted by Crippen LogP contribution is -2.50. The van der Waals surface area contributed by atoms with Crippen molar-refractivity contribution in [1.82, 2.24) is 15.1 Å². The van der Waals surface area contributed by atoms with Crippen LogP contribution < -0.4 is 14.8 Å². The van der Waals surface area contributed by atoms with Crippen LogP contribution in [0.1, 0.15) is 11.1 Å². The van der Waals surface area contributed by atoms with Crippen LogP contribution in [0, 0.1) is 0 Å². The quantitative estimate of drug-likeness (QED) is 0.369. The molecular weight excluding hydrogens is 507 g/mol. The van der Waals surface area contributed by atoms with E-state index in [2.05, 4.69) is 56.5 Å². The van der Waals surface area contributed by atoms with Crippen molar-refractivity contribution < 1.29 is 14.2 Å². The predicted octanol–water partition coefficient (Wildman–Crippen LogP) is 2.69. The summed E-state index contributed by atoms with van der Waals surface area (Å²) >= 11 is 0. The van der Waals surface area contributed by atoms with Crippen LogP contribution in [0.15, 0.2) is 53.5 Å². The molecule has 0 amide bonds. The number of benzene rings is 2. The molecule has 2 aromatic rings. The van der Waals surface area contributed by atoms with E-state index in [9.17, 15) is 0 Å². The van der Waals surface area contributed by atoms with Crippen molar-refractivity contribution in [2.45, 2.75) is 25.2 Å². The normalized spacial score (nSPS) is 22.7. The van der Waals surface area contributed by atoms with E-state index in [1.807, 2.05) is 19.2 Å². The van der Waals surface area contributed by atoms with E-state index in [4.69, 9.17) is 14.2 Å². The van der Waals surface area contributed by atoms with Crippen LogP contribution in [0.5, 0.6) is 11.5 Å². The Morgan fingerprint density at radius 1 is 1.06 bits per heavy atom. The van der Waals surface area contributed by atoms with E-state index in [1.54, 1.807) is 0 Å². The molecule has 5 rings (SSSR count). The summed E-state index contributed by atoms with van der Waals surface area (Å²) in [5.74, 6) is 2.52. The lowest BCUT2D eigenvalue weighted by molar-refractivity contribution is -0.0502. The van der Waals surface area contributed by atoms with E-state index < -0.39 is 0 Å². The summed E-state index contributed by atoms with van der Waals surface area (Å²) in [6.45, 7) is 5.46. The minimum absolute atomic E-state index is 0. The molecule has 2 saturated heterocycles. The molecule has 0 spiro atoms. The Bertz CT molecular complexity index is 911. The van der Waals surface area contributed by atoms with E-state index in [1.165, 1.54) is 5.56 Å². The Kier molecular flexibility index (Phi) is 7.19. The molecule has 1 N–H and O–H groups in total. The first-order chi connectivity index (χ1) is 14.8. The molecule has 3 aliphatic rings. The van der Waals surface area contributed by atoms with E-state index in [0.29, 0.717) is 19.4 Å². The van der Waals surface area contributed by atoms with Gasteiger partial charge in [-0.15, -0.1) is 24.0 Å². The monoisotopic (exact) mass is 536 g/mol. The average Bonchev–Trinajstić information content (AvgIpc) is 3.42. The SMILES string of the molecule is CN=C(NCc1ccc2c(c1)OCO2)N1CC2OCCN(Cc3ccccc3)C2C1.I. The summed E-state index contributed by atoms with van der Waals surface area (Å²) in [6, 6.07) is 17.1. The number of hydrogen-bond acceptors (Lipinski definition) is 5. The molecule has 7 nitrogen and oxygen atoms in total. The average molecular weight is 536 g/mol. The van der Waals surface area contributed by atoms with Crippen molar-refractivity contribution in [3.8, 4) is 11.5 Å². The fourth-order valence-electron chi connectivity index (χ4n) is 4.51. The van der Waals surface area contributed by atoms with Gasteiger partial charge in [-0.3, -0.25) is 9.89 Å². The highest BCUT2D eigenvalue weighted by Gasteiger charge is 2.41. The summed E-state index contributed by atoms with van der Waals surface area (Å²) in [6.07, 6.45) is 0.214. The molecular formula is C23H29IN4O3. The van der Waals surface area contributed by atoms with E-state index >= 15 is 0 Å². The van der Waals surface area contributed by atoms with Crippen molar-refractivity contribution in [3.05, 3.63) is 59.7 Å². The highest BCUT2D eigenvalue weighted by atomic mass is 127. The maximum atomic E-state index is 6.11. The van der Waals surface area contributed by atoms with Crippen molar-refractivity contribution in [2.75, 3.05) is 40.1 Å². The number of nitrogens with one attached hydrogen (secondary N) is 1. The number of guanidine groups is 1. The number of hydrogen-bond donors (Lipinski definition) is 1. The van der Waals surface area contributed by atoms with Crippen molar-refractivity contribution in [3.63, 3.8) is 0 Å². The first-order valence-corrected chi connectivity index (χ1v) is 10.5. The smallest absolute Gasteiger partial charge is 0.231 e. The van der Waals surface area contributed by atoms with Gasteiger partial charge in [-0.05, 0) is 23.3 Å². The Morgan fingerprint density at radius 3 is 2.74 bits per heavy atom. The second kappa shape index (κ2) is 10.1. The van der Waals surface area contributed by atoms with Crippen molar-refractivity contribution >= 4 is 29.9 Å². The molecule has 166 valence electrons. The van der Waals surface area contributed by atoms with Gasteiger partial charge in [0.1, 0.15) is 0 Å². The number of aliphatic imine (C=N–C) groups is 1. The summed E-state index contributed by atoms with van der Waals surface area (Å²) in [5, 5.41) is 3.50. The highest BCUT2D eigenvalue weighted by Crippen LogP contribution is 2.32. The minimum atomic E-state index is 0. The molecule has 0 radical (unpaired) electrons. The molecule has 2 fully saturated rings. The molecule has 2 atom stereocenters. The summed E-state index contributed by atoms with van der Waals surface area (Å²) < 4.78 is 17.0. The first-order valence-electron chi connectivity index (χ1n) is 10.5. The summed E-state index contributed by atoms with van der Waals surface area (Å²) in [5.41, 5.74) is 2.49. The third kappa shape index (κ3) is 4.91. The summed E-state index contributed by atoms with van der Waals surface area (Å²) in [4.78, 5) is 9.39. The van der Waals surface area contributed by atoms with Gasteiger partial charge < -0.3 is 24.4 Å². The number of halogens is 1. The number of ether oxygens (including phenoxy) is 3. The molecule has 8 heteroatoms. The highest BCUT2D eigenvalue weighted by molar-refractivity contribution is 14.0. The predicted molar refractivity (Wildman–Crippen MR) is 130 cm³/mol. The molecule has 31 heavy (non-hydrogen) atoms. The molecule has 2 aromatic carbocycles. The third-order valence-electron chi connectivity index (χ3n) is 6.04. The fraction of sp³-hybridized carbons (Fsp3) is 0.435. The van der Waals surface area contributed by atoms with E-state index in [0.717, 1.165) is 55.8 Å². The first kappa shape index (κ1) is 22.2. The summed E-state index contributed by atoms with van der Waals surface area (Å²) in [7, 11) is 1.84. The topological polar surface area (TPSA) is 58.6 Å². The van der Waals surface area contributed by atoms with Gasteiger partial charge in [0, 0.05) is 39.8 Å². The molecule has 2 unspecified atom stereocenters. The molecule has 3 aliphatic heterocycles. The maximum Gasteiger partial charge on any atom is 0.231 e. The third-order valence-corrected chi connectivity index (χ3v) is 6.04. The van der Waals surface area contributed by atoms with Crippen LogP contribution in [0.4, 0.5) is 0 Å². The Hall–Kier alpha value is -2.04. The molecule has 0 aliphatic carbocycles. The fourth-order valence-corrected chi connectivity index (χ4v) is 4.51. The number of rotatable bonds is 4. The lowest BCUT2D eigenvalue weighted by Gasteiger charge is -2.36. The number of nitrogens with zero attached hydrogens (tertiary/aromatic N) is 3. The molecule has 3 heterocycles. The van der Waals surface area contributed by atoms with Gasteiger partial charge in [-0.1, -0.05) is 36.4 Å². The number of morpholine rings is 1. The maximum absolute atomic E-state index is 6.11.